The normalized spacial score (nSPS) is 10.6. The zero-order valence-corrected chi connectivity index (χ0v) is 11.6. The van der Waals surface area contributed by atoms with Crippen LogP contribution in [0.4, 0.5) is 9.52 Å². The molecule has 106 valence electrons. The summed E-state index contributed by atoms with van der Waals surface area (Å²) < 4.78 is 19.4. The fraction of sp³-hybridized carbons (Fsp3) is 0.0769. The van der Waals surface area contributed by atoms with E-state index in [4.69, 9.17) is 4.74 Å². The number of fused-ring (bicyclic) bond motifs is 1. The number of nitrogens with one attached hydrogen (secondary N) is 1. The van der Waals surface area contributed by atoms with Crippen LogP contribution in [-0.4, -0.2) is 20.9 Å². The van der Waals surface area contributed by atoms with E-state index in [1.807, 2.05) is 6.07 Å². The highest BCUT2D eigenvalue weighted by atomic mass is 32.1. The third-order valence-corrected chi connectivity index (χ3v) is 3.42. The summed E-state index contributed by atoms with van der Waals surface area (Å²) in [5.41, 5.74) is 0.574. The number of carbonyl (C=O) groups excluding carboxylic acids is 1. The summed E-state index contributed by atoms with van der Waals surface area (Å²) in [4.78, 5) is 22.6. The van der Waals surface area contributed by atoms with Crippen LogP contribution in [0, 0.1) is 5.95 Å². The van der Waals surface area contributed by atoms with Crippen LogP contribution in [0.2, 0.25) is 0 Å². The Kier molecular flexibility index (Phi) is 3.44. The van der Waals surface area contributed by atoms with E-state index in [1.165, 1.54) is 18.3 Å². The monoisotopic (exact) mass is 304 g/mol. The van der Waals surface area contributed by atoms with Gasteiger partial charge in [-0.25, -0.2) is 15.0 Å². The van der Waals surface area contributed by atoms with E-state index in [-0.39, 0.29) is 11.8 Å². The summed E-state index contributed by atoms with van der Waals surface area (Å²) in [6.45, 7) is 1.41. The molecule has 0 bridgehead atoms. The summed E-state index contributed by atoms with van der Waals surface area (Å²) in [7, 11) is 0. The number of nitrogens with zero attached hydrogens (tertiary/aromatic N) is 3. The lowest BCUT2D eigenvalue weighted by atomic mass is 10.3. The maximum atomic E-state index is 13.0. The van der Waals surface area contributed by atoms with Gasteiger partial charge in [-0.3, -0.25) is 4.79 Å². The van der Waals surface area contributed by atoms with Crippen molar-refractivity contribution >= 4 is 32.6 Å². The first-order valence-electron chi connectivity index (χ1n) is 5.94. The van der Waals surface area contributed by atoms with Gasteiger partial charge in [0.1, 0.15) is 11.8 Å². The number of para-hydroxylation sites is 1. The number of thiazole rings is 1. The first kappa shape index (κ1) is 13.4. The Labute approximate surface area is 122 Å². The quantitative estimate of drug-likeness (QED) is 0.753. The molecule has 0 aliphatic carbocycles. The Hall–Kier alpha value is -2.61. The second-order valence-corrected chi connectivity index (χ2v) is 5.11. The van der Waals surface area contributed by atoms with Crippen LogP contribution < -0.4 is 10.1 Å². The summed E-state index contributed by atoms with van der Waals surface area (Å²) in [6.07, 6.45) is 1.08. The van der Waals surface area contributed by atoms with Crippen molar-refractivity contribution in [2.24, 2.45) is 0 Å². The van der Waals surface area contributed by atoms with Gasteiger partial charge in [-0.05, 0) is 12.1 Å². The third kappa shape index (κ3) is 2.95. The molecule has 0 spiro atoms. The van der Waals surface area contributed by atoms with Gasteiger partial charge in [-0.1, -0.05) is 17.4 Å². The number of hydrogen-bond acceptors (Lipinski definition) is 6. The van der Waals surface area contributed by atoms with Gasteiger partial charge < -0.3 is 10.1 Å². The predicted octanol–water partition coefficient (Wildman–Crippen LogP) is 2.98. The smallest absolute Gasteiger partial charge is 0.225 e. The molecule has 0 radical (unpaired) electrons. The molecule has 3 rings (SSSR count). The number of rotatable bonds is 3. The van der Waals surface area contributed by atoms with Crippen molar-refractivity contribution in [1.82, 2.24) is 15.0 Å². The molecule has 2 aromatic heterocycles. The molecular formula is C13H9FN4O2S. The molecule has 1 amide bonds. The van der Waals surface area contributed by atoms with E-state index >= 15 is 0 Å². The molecule has 0 saturated carbocycles. The van der Waals surface area contributed by atoms with E-state index in [2.05, 4.69) is 20.3 Å². The zero-order valence-electron chi connectivity index (χ0n) is 10.8. The summed E-state index contributed by atoms with van der Waals surface area (Å²) in [6, 6.07) is 6.41. The van der Waals surface area contributed by atoms with Gasteiger partial charge in [0.25, 0.3) is 0 Å². The predicted molar refractivity (Wildman–Crippen MR) is 76.0 cm³/mol. The van der Waals surface area contributed by atoms with Crippen LogP contribution in [0.15, 0.2) is 30.6 Å². The molecular weight excluding hydrogens is 295 g/mol. The molecule has 0 aliphatic heterocycles. The lowest BCUT2D eigenvalue weighted by molar-refractivity contribution is -0.114. The maximum absolute atomic E-state index is 13.0. The third-order valence-electron chi connectivity index (χ3n) is 2.49. The summed E-state index contributed by atoms with van der Waals surface area (Å²) >= 11 is 1.32. The zero-order chi connectivity index (χ0) is 14.8. The van der Waals surface area contributed by atoms with Crippen LogP contribution in [0.3, 0.4) is 0 Å². The molecule has 0 unspecified atom stereocenters. The molecule has 2 heterocycles. The van der Waals surface area contributed by atoms with Gasteiger partial charge >= 0.3 is 0 Å². The minimum absolute atomic E-state index is 0.0871. The second kappa shape index (κ2) is 5.41. The molecule has 21 heavy (non-hydrogen) atoms. The highest BCUT2D eigenvalue weighted by Crippen LogP contribution is 2.34. The number of benzene rings is 1. The minimum Gasteiger partial charge on any atom is -0.436 e. The second-order valence-electron chi connectivity index (χ2n) is 4.08. The Morgan fingerprint density at radius 2 is 2.24 bits per heavy atom. The first-order valence-corrected chi connectivity index (χ1v) is 6.76. The van der Waals surface area contributed by atoms with Gasteiger partial charge in [0, 0.05) is 6.92 Å². The van der Waals surface area contributed by atoms with Crippen molar-refractivity contribution in [2.45, 2.75) is 6.92 Å². The van der Waals surface area contributed by atoms with Gasteiger partial charge in [-0.2, -0.15) is 4.39 Å². The van der Waals surface area contributed by atoms with Gasteiger partial charge in [0.05, 0.1) is 10.8 Å². The van der Waals surface area contributed by atoms with Crippen LogP contribution in [0.25, 0.3) is 10.2 Å². The van der Waals surface area contributed by atoms with Crippen LogP contribution in [0.5, 0.6) is 11.6 Å². The lowest BCUT2D eigenvalue weighted by Gasteiger charge is -2.04. The van der Waals surface area contributed by atoms with Crippen molar-refractivity contribution < 1.29 is 13.9 Å². The fourth-order valence-electron chi connectivity index (χ4n) is 1.70. The number of hydrogen-bond donors (Lipinski definition) is 1. The van der Waals surface area contributed by atoms with Crippen LogP contribution >= 0.6 is 11.3 Å². The molecule has 0 aliphatic rings. The van der Waals surface area contributed by atoms with Gasteiger partial charge in [0.15, 0.2) is 10.9 Å². The highest BCUT2D eigenvalue weighted by Gasteiger charge is 2.11. The number of halogens is 1. The Morgan fingerprint density at radius 3 is 3.00 bits per heavy atom. The molecule has 1 N–H and O–H groups in total. The van der Waals surface area contributed by atoms with Gasteiger partial charge in [0.2, 0.25) is 17.7 Å². The molecule has 0 saturated heterocycles. The minimum atomic E-state index is -0.676. The summed E-state index contributed by atoms with van der Waals surface area (Å²) in [5.74, 6) is -0.360. The van der Waals surface area contributed by atoms with E-state index in [0.717, 1.165) is 17.1 Å². The largest absolute Gasteiger partial charge is 0.436 e. The summed E-state index contributed by atoms with van der Waals surface area (Å²) in [5, 5.41) is 3.10. The first-order chi connectivity index (χ1) is 10.1. The Bertz CT molecular complexity index is 821. The molecule has 0 atom stereocenters. The average molecular weight is 304 g/mol. The van der Waals surface area contributed by atoms with Gasteiger partial charge in [-0.15, -0.1) is 0 Å². The van der Waals surface area contributed by atoms with Crippen LogP contribution in [0.1, 0.15) is 6.92 Å². The molecule has 0 fully saturated rings. The Morgan fingerprint density at radius 1 is 1.38 bits per heavy atom. The Balaban J connectivity index is 1.98. The van der Waals surface area contributed by atoms with E-state index in [0.29, 0.717) is 16.4 Å². The SMILES string of the molecule is CC(=O)Nc1nc2c(Oc3cc(F)ncn3)cccc2s1. The van der Waals surface area contributed by atoms with E-state index in [1.54, 1.807) is 12.1 Å². The molecule has 3 aromatic rings. The van der Waals surface area contributed by atoms with Crippen molar-refractivity contribution in [3.8, 4) is 11.6 Å². The van der Waals surface area contributed by atoms with E-state index < -0.39 is 5.95 Å². The number of carbonyl (C=O) groups is 1. The molecule has 1 aromatic carbocycles. The fourth-order valence-corrected chi connectivity index (χ4v) is 2.63. The maximum Gasteiger partial charge on any atom is 0.225 e. The highest BCUT2D eigenvalue weighted by molar-refractivity contribution is 7.22. The topological polar surface area (TPSA) is 77.0 Å². The molecule has 8 heteroatoms. The number of aromatic nitrogens is 3. The van der Waals surface area contributed by atoms with Crippen LogP contribution in [-0.2, 0) is 4.79 Å². The standard InChI is InChI=1S/C13H9FN4O2S/c1-7(19)17-13-18-12-8(3-2-4-9(12)21-13)20-11-5-10(14)15-6-16-11/h2-6H,1H3,(H,17,18,19). The van der Waals surface area contributed by atoms with Crippen molar-refractivity contribution in [3.05, 3.63) is 36.5 Å². The number of anilines is 1. The van der Waals surface area contributed by atoms with Crippen molar-refractivity contribution in [1.29, 1.82) is 0 Å². The van der Waals surface area contributed by atoms with E-state index in [9.17, 15) is 9.18 Å². The number of amides is 1. The number of ether oxygens (including phenoxy) is 1. The van der Waals surface area contributed by atoms with Crippen molar-refractivity contribution in [3.63, 3.8) is 0 Å². The lowest BCUT2D eigenvalue weighted by Crippen LogP contribution is -2.04. The molecule has 6 nitrogen and oxygen atoms in total. The van der Waals surface area contributed by atoms with Crippen molar-refractivity contribution in [2.75, 3.05) is 5.32 Å². The average Bonchev–Trinajstić information content (AvgIpc) is 2.81.